The lowest BCUT2D eigenvalue weighted by Crippen LogP contribution is -2.14. The van der Waals surface area contributed by atoms with Gasteiger partial charge in [-0.15, -0.1) is 10.2 Å². The number of rotatable bonds is 4. The van der Waals surface area contributed by atoms with Gasteiger partial charge in [0.25, 0.3) is 0 Å². The average molecular weight is 291 g/mol. The second-order valence-electron chi connectivity index (χ2n) is 4.97. The molecule has 0 saturated carbocycles. The summed E-state index contributed by atoms with van der Waals surface area (Å²) in [6.45, 7) is 6.50. The van der Waals surface area contributed by atoms with Crippen molar-refractivity contribution in [3.63, 3.8) is 0 Å². The van der Waals surface area contributed by atoms with Gasteiger partial charge in [-0.2, -0.15) is 0 Å². The fourth-order valence-electron chi connectivity index (χ4n) is 1.46. The van der Waals surface area contributed by atoms with E-state index in [1.54, 1.807) is 11.3 Å². The van der Waals surface area contributed by atoms with Crippen LogP contribution in [0.5, 0.6) is 0 Å². The van der Waals surface area contributed by atoms with E-state index < -0.39 is 0 Å². The minimum Gasteiger partial charge on any atom is -0.321 e. The predicted molar refractivity (Wildman–Crippen MR) is 85.0 cm³/mol. The highest BCUT2D eigenvalue weighted by atomic mass is 32.1. The molecular weight excluding hydrogens is 274 g/mol. The fourth-order valence-corrected chi connectivity index (χ4v) is 2.67. The Hall–Kier alpha value is -1.33. The average Bonchev–Trinajstić information content (AvgIpc) is 2.89. The highest BCUT2D eigenvalue weighted by Gasteiger charge is 2.23. The third-order valence-corrected chi connectivity index (χ3v) is 4.69. The van der Waals surface area contributed by atoms with E-state index in [1.807, 2.05) is 30.3 Å². The van der Waals surface area contributed by atoms with Crippen LogP contribution in [-0.2, 0) is 5.41 Å². The van der Waals surface area contributed by atoms with Crippen LogP contribution in [0.25, 0.3) is 0 Å². The first-order valence-corrected chi connectivity index (χ1v) is 7.46. The monoisotopic (exact) mass is 291 g/mol. The number of benzene rings is 1. The molecule has 5 heteroatoms. The Balaban J connectivity index is 2.11. The Morgan fingerprint density at radius 2 is 1.95 bits per heavy atom. The lowest BCUT2D eigenvalue weighted by atomic mass is 9.91. The summed E-state index contributed by atoms with van der Waals surface area (Å²) in [5, 5.41) is 13.4. The molecule has 1 heterocycles. The Kier molecular flexibility index (Phi) is 4.27. The Morgan fingerprint density at radius 3 is 2.58 bits per heavy atom. The zero-order valence-corrected chi connectivity index (χ0v) is 12.9. The van der Waals surface area contributed by atoms with Crippen molar-refractivity contribution in [1.82, 2.24) is 10.2 Å². The molecular formula is C14H17N3S2. The summed E-state index contributed by atoms with van der Waals surface area (Å²) < 4.78 is 0. The molecule has 0 radical (unpaired) electrons. The molecule has 0 atom stereocenters. The van der Waals surface area contributed by atoms with Gasteiger partial charge in [-0.25, -0.2) is 0 Å². The second-order valence-corrected chi connectivity index (χ2v) is 6.36. The van der Waals surface area contributed by atoms with E-state index >= 15 is 0 Å². The maximum absolute atomic E-state index is 5.36. The molecule has 1 aromatic carbocycles. The maximum atomic E-state index is 5.36. The number of aromatic nitrogens is 2. The van der Waals surface area contributed by atoms with Crippen LogP contribution in [0.3, 0.4) is 0 Å². The molecule has 2 rings (SSSR count). The normalized spacial score (nSPS) is 11.3. The topological polar surface area (TPSA) is 37.8 Å². The third-order valence-electron chi connectivity index (χ3n) is 3.14. The van der Waals surface area contributed by atoms with Gasteiger partial charge in [-0.3, -0.25) is 0 Å². The van der Waals surface area contributed by atoms with Gasteiger partial charge >= 0.3 is 0 Å². The lowest BCUT2D eigenvalue weighted by molar-refractivity contribution is 0.498. The van der Waals surface area contributed by atoms with Crippen LogP contribution in [0.2, 0.25) is 0 Å². The van der Waals surface area contributed by atoms with E-state index in [4.69, 9.17) is 12.2 Å². The van der Waals surface area contributed by atoms with Crippen molar-refractivity contribution in [2.75, 3.05) is 5.32 Å². The van der Waals surface area contributed by atoms with Gasteiger partial charge in [-0.05, 0) is 6.42 Å². The van der Waals surface area contributed by atoms with Crippen LogP contribution in [0.4, 0.5) is 5.13 Å². The summed E-state index contributed by atoms with van der Waals surface area (Å²) in [6, 6.07) is 9.86. The summed E-state index contributed by atoms with van der Waals surface area (Å²) in [6.07, 6.45) is 1.03. The molecule has 0 unspecified atom stereocenters. The number of hydrogen-bond acceptors (Lipinski definition) is 4. The molecule has 0 aliphatic rings. The summed E-state index contributed by atoms with van der Waals surface area (Å²) in [5.41, 5.74) is 1.05. The van der Waals surface area contributed by atoms with Gasteiger partial charge in [0, 0.05) is 11.0 Å². The first-order valence-electron chi connectivity index (χ1n) is 6.23. The summed E-state index contributed by atoms with van der Waals surface area (Å²) >= 11 is 6.93. The van der Waals surface area contributed by atoms with Crippen molar-refractivity contribution in [1.29, 1.82) is 0 Å². The zero-order chi connectivity index (χ0) is 13.9. The highest BCUT2D eigenvalue weighted by molar-refractivity contribution is 7.81. The van der Waals surface area contributed by atoms with Crippen LogP contribution < -0.4 is 5.32 Å². The zero-order valence-electron chi connectivity index (χ0n) is 11.3. The smallest absolute Gasteiger partial charge is 0.210 e. The van der Waals surface area contributed by atoms with Crippen molar-refractivity contribution in [2.45, 2.75) is 32.6 Å². The molecule has 0 spiro atoms. The molecule has 0 amide bonds. The SMILES string of the molecule is CCC(C)(C)c1nnc(NC(=S)c2ccccc2)s1. The fraction of sp³-hybridized carbons (Fsp3) is 0.357. The van der Waals surface area contributed by atoms with Gasteiger partial charge in [0.15, 0.2) is 0 Å². The van der Waals surface area contributed by atoms with E-state index in [0.29, 0.717) is 4.99 Å². The molecule has 0 fully saturated rings. The van der Waals surface area contributed by atoms with Gasteiger partial charge in [-0.1, -0.05) is 74.7 Å². The van der Waals surface area contributed by atoms with Crippen LogP contribution in [0.15, 0.2) is 30.3 Å². The van der Waals surface area contributed by atoms with Crippen LogP contribution in [-0.4, -0.2) is 15.2 Å². The molecule has 0 aliphatic heterocycles. The maximum Gasteiger partial charge on any atom is 0.210 e. The number of anilines is 1. The Labute approximate surface area is 123 Å². The minimum atomic E-state index is 0.0615. The summed E-state index contributed by atoms with van der Waals surface area (Å²) in [5.74, 6) is 0. The molecule has 0 aliphatic carbocycles. The van der Waals surface area contributed by atoms with E-state index in [-0.39, 0.29) is 5.41 Å². The van der Waals surface area contributed by atoms with E-state index in [9.17, 15) is 0 Å². The molecule has 0 bridgehead atoms. The standard InChI is InChI=1S/C14H17N3S2/c1-4-14(2,3)12-16-17-13(19-12)15-11(18)10-8-6-5-7-9-10/h5-9H,4H2,1-3H3,(H,15,17,18). The largest absolute Gasteiger partial charge is 0.321 e. The number of nitrogens with one attached hydrogen (secondary N) is 1. The van der Waals surface area contributed by atoms with Crippen molar-refractivity contribution < 1.29 is 0 Å². The molecule has 1 N–H and O–H groups in total. The van der Waals surface area contributed by atoms with Crippen LogP contribution in [0.1, 0.15) is 37.8 Å². The van der Waals surface area contributed by atoms with Crippen molar-refractivity contribution in [3.8, 4) is 0 Å². The van der Waals surface area contributed by atoms with E-state index in [0.717, 1.165) is 22.1 Å². The van der Waals surface area contributed by atoms with Crippen LogP contribution >= 0.6 is 23.6 Å². The van der Waals surface area contributed by atoms with Gasteiger partial charge < -0.3 is 5.32 Å². The lowest BCUT2D eigenvalue weighted by Gasteiger charge is -2.17. The quantitative estimate of drug-likeness (QED) is 0.864. The van der Waals surface area contributed by atoms with Gasteiger partial charge in [0.1, 0.15) is 10.00 Å². The predicted octanol–water partition coefficient (Wildman–Crippen LogP) is 4.01. The van der Waals surface area contributed by atoms with Gasteiger partial charge in [0.2, 0.25) is 5.13 Å². The summed E-state index contributed by atoms with van der Waals surface area (Å²) in [4.78, 5) is 0.678. The molecule has 3 nitrogen and oxygen atoms in total. The van der Waals surface area contributed by atoms with Crippen molar-refractivity contribution in [3.05, 3.63) is 40.9 Å². The third kappa shape index (κ3) is 3.36. The molecule has 0 saturated heterocycles. The van der Waals surface area contributed by atoms with E-state index in [1.165, 1.54) is 0 Å². The van der Waals surface area contributed by atoms with Crippen LogP contribution in [0, 0.1) is 0 Å². The minimum absolute atomic E-state index is 0.0615. The van der Waals surface area contributed by atoms with Gasteiger partial charge in [0.05, 0.1) is 0 Å². The second kappa shape index (κ2) is 5.75. The molecule has 19 heavy (non-hydrogen) atoms. The van der Waals surface area contributed by atoms with E-state index in [2.05, 4.69) is 36.3 Å². The Bertz CT molecular complexity index is 561. The Morgan fingerprint density at radius 1 is 1.26 bits per heavy atom. The molecule has 100 valence electrons. The summed E-state index contributed by atoms with van der Waals surface area (Å²) in [7, 11) is 0. The van der Waals surface area contributed by atoms with Crippen molar-refractivity contribution in [2.24, 2.45) is 0 Å². The first kappa shape index (κ1) is 14.1. The highest BCUT2D eigenvalue weighted by Crippen LogP contribution is 2.31. The number of thiocarbonyl (C=S) groups is 1. The molecule has 1 aromatic heterocycles. The first-order chi connectivity index (χ1) is 9.03. The van der Waals surface area contributed by atoms with Crippen molar-refractivity contribution >= 4 is 33.7 Å². The molecule has 2 aromatic rings. The number of hydrogen-bond donors (Lipinski definition) is 1. The number of nitrogens with zero attached hydrogens (tertiary/aromatic N) is 2.